The third kappa shape index (κ3) is 2.05. The molecule has 0 aliphatic carbocycles. The minimum atomic E-state index is -0.217. The fourth-order valence-corrected chi connectivity index (χ4v) is 1.33. The highest BCUT2D eigenvalue weighted by Crippen LogP contribution is 2.12. The Morgan fingerprint density at radius 1 is 1.54 bits per heavy atom. The van der Waals surface area contributed by atoms with Crippen LogP contribution < -0.4 is 5.73 Å². The number of hydrogen-bond donors (Lipinski definition) is 2. The standard InChI is InChI=1S/C8H16N4O/c1-3-12-6(2)10-11-8(12)7(9)4-5-13/h7,13H,3-5,9H2,1-2H3. The average molecular weight is 184 g/mol. The van der Waals surface area contributed by atoms with Crippen LogP contribution in [0.2, 0.25) is 0 Å². The Morgan fingerprint density at radius 2 is 2.23 bits per heavy atom. The van der Waals surface area contributed by atoms with Crippen molar-refractivity contribution < 1.29 is 5.11 Å². The van der Waals surface area contributed by atoms with Gasteiger partial charge in [0.05, 0.1) is 6.04 Å². The largest absolute Gasteiger partial charge is 0.396 e. The zero-order valence-corrected chi connectivity index (χ0v) is 8.06. The molecule has 0 spiro atoms. The monoisotopic (exact) mass is 184 g/mol. The molecule has 1 atom stereocenters. The van der Waals surface area contributed by atoms with E-state index in [1.807, 2.05) is 18.4 Å². The van der Waals surface area contributed by atoms with Gasteiger partial charge in [0.25, 0.3) is 0 Å². The summed E-state index contributed by atoms with van der Waals surface area (Å²) in [4.78, 5) is 0. The van der Waals surface area contributed by atoms with Gasteiger partial charge in [0.1, 0.15) is 11.6 Å². The molecule has 0 bridgehead atoms. The van der Waals surface area contributed by atoms with Gasteiger partial charge in [-0.1, -0.05) is 0 Å². The van der Waals surface area contributed by atoms with E-state index in [0.29, 0.717) is 6.42 Å². The molecule has 1 aromatic rings. The van der Waals surface area contributed by atoms with Crippen molar-refractivity contribution in [1.29, 1.82) is 0 Å². The van der Waals surface area contributed by atoms with Gasteiger partial charge in [-0.15, -0.1) is 10.2 Å². The number of rotatable bonds is 4. The van der Waals surface area contributed by atoms with Gasteiger partial charge in [0, 0.05) is 13.2 Å². The second-order valence-corrected chi connectivity index (χ2v) is 2.97. The van der Waals surface area contributed by atoms with Crippen LogP contribution in [0.15, 0.2) is 0 Å². The van der Waals surface area contributed by atoms with Gasteiger partial charge >= 0.3 is 0 Å². The zero-order chi connectivity index (χ0) is 9.84. The Kier molecular flexibility index (Phi) is 3.39. The summed E-state index contributed by atoms with van der Waals surface area (Å²) in [6.45, 7) is 4.81. The summed E-state index contributed by atoms with van der Waals surface area (Å²) in [6.07, 6.45) is 0.526. The molecule has 3 N–H and O–H groups in total. The first-order valence-electron chi connectivity index (χ1n) is 4.46. The number of aliphatic hydroxyl groups is 1. The van der Waals surface area contributed by atoms with Gasteiger partial charge in [0.2, 0.25) is 0 Å². The maximum atomic E-state index is 8.73. The third-order valence-corrected chi connectivity index (χ3v) is 2.05. The highest BCUT2D eigenvalue weighted by atomic mass is 16.3. The van der Waals surface area contributed by atoms with Crippen LogP contribution in [0.25, 0.3) is 0 Å². The summed E-state index contributed by atoms with van der Waals surface area (Å²) in [5.41, 5.74) is 5.81. The van der Waals surface area contributed by atoms with Crippen LogP contribution in [-0.4, -0.2) is 26.5 Å². The summed E-state index contributed by atoms with van der Waals surface area (Å²) >= 11 is 0. The maximum Gasteiger partial charge on any atom is 0.150 e. The van der Waals surface area contributed by atoms with Crippen LogP contribution in [0.4, 0.5) is 0 Å². The first-order chi connectivity index (χ1) is 6.20. The van der Waals surface area contributed by atoms with Crippen LogP contribution in [0, 0.1) is 6.92 Å². The quantitative estimate of drug-likeness (QED) is 0.690. The van der Waals surface area contributed by atoms with E-state index >= 15 is 0 Å². The topological polar surface area (TPSA) is 77.0 Å². The predicted octanol–water partition coefficient (Wildman–Crippen LogP) is -0.0114. The fourth-order valence-electron chi connectivity index (χ4n) is 1.33. The Labute approximate surface area is 77.6 Å². The van der Waals surface area contributed by atoms with E-state index in [4.69, 9.17) is 10.8 Å². The molecule has 13 heavy (non-hydrogen) atoms. The van der Waals surface area contributed by atoms with Crippen molar-refractivity contribution in [2.24, 2.45) is 5.73 Å². The van der Waals surface area contributed by atoms with Crippen LogP contribution in [-0.2, 0) is 6.54 Å². The minimum absolute atomic E-state index is 0.0801. The highest BCUT2D eigenvalue weighted by Gasteiger charge is 2.14. The molecule has 1 unspecified atom stereocenters. The van der Waals surface area contributed by atoms with Crippen molar-refractivity contribution in [2.75, 3.05) is 6.61 Å². The van der Waals surface area contributed by atoms with E-state index < -0.39 is 0 Å². The van der Waals surface area contributed by atoms with E-state index in [9.17, 15) is 0 Å². The van der Waals surface area contributed by atoms with Crippen LogP contribution in [0.5, 0.6) is 0 Å². The third-order valence-electron chi connectivity index (χ3n) is 2.05. The van der Waals surface area contributed by atoms with Crippen molar-refractivity contribution in [3.8, 4) is 0 Å². The van der Waals surface area contributed by atoms with Gasteiger partial charge in [-0.3, -0.25) is 0 Å². The molecule has 1 aromatic heterocycles. The summed E-state index contributed by atoms with van der Waals surface area (Å²) in [6, 6.07) is -0.217. The lowest BCUT2D eigenvalue weighted by atomic mass is 10.2. The average Bonchev–Trinajstić information content (AvgIpc) is 2.47. The molecular formula is C8H16N4O. The molecule has 1 heterocycles. The van der Waals surface area contributed by atoms with Crippen LogP contribution >= 0.6 is 0 Å². The summed E-state index contributed by atoms with van der Waals surface area (Å²) in [5, 5.41) is 16.7. The maximum absolute atomic E-state index is 8.73. The van der Waals surface area contributed by atoms with E-state index in [-0.39, 0.29) is 12.6 Å². The lowest BCUT2D eigenvalue weighted by Crippen LogP contribution is -2.18. The molecule has 0 aromatic carbocycles. The number of aryl methyl sites for hydroxylation is 1. The summed E-state index contributed by atoms with van der Waals surface area (Å²) in [5.74, 6) is 1.62. The molecule has 0 radical (unpaired) electrons. The molecule has 5 heteroatoms. The molecule has 0 saturated carbocycles. The second kappa shape index (κ2) is 4.34. The molecule has 5 nitrogen and oxygen atoms in total. The van der Waals surface area contributed by atoms with E-state index in [1.165, 1.54) is 0 Å². The fraction of sp³-hybridized carbons (Fsp3) is 0.750. The van der Waals surface area contributed by atoms with Gasteiger partial charge in [-0.25, -0.2) is 0 Å². The Hall–Kier alpha value is -0.940. The Balaban J connectivity index is 2.86. The van der Waals surface area contributed by atoms with E-state index in [0.717, 1.165) is 18.2 Å². The highest BCUT2D eigenvalue weighted by molar-refractivity contribution is 4.98. The number of nitrogens with two attached hydrogens (primary N) is 1. The molecule has 0 fully saturated rings. The normalized spacial score (nSPS) is 13.2. The Morgan fingerprint density at radius 3 is 2.77 bits per heavy atom. The first-order valence-corrected chi connectivity index (χ1v) is 4.46. The number of nitrogens with zero attached hydrogens (tertiary/aromatic N) is 3. The summed E-state index contributed by atoms with van der Waals surface area (Å²) < 4.78 is 1.96. The van der Waals surface area contributed by atoms with Gasteiger partial charge in [-0.05, 0) is 20.3 Å². The molecule has 0 aliphatic rings. The number of hydrogen-bond acceptors (Lipinski definition) is 4. The SMILES string of the molecule is CCn1c(C)nnc1C(N)CCO. The van der Waals surface area contributed by atoms with Crippen molar-refractivity contribution in [3.63, 3.8) is 0 Å². The molecule has 74 valence electrons. The predicted molar refractivity (Wildman–Crippen MR) is 49.1 cm³/mol. The van der Waals surface area contributed by atoms with Crippen LogP contribution in [0.1, 0.15) is 31.0 Å². The molecular weight excluding hydrogens is 168 g/mol. The molecule has 0 amide bonds. The molecule has 0 saturated heterocycles. The van der Waals surface area contributed by atoms with Crippen molar-refractivity contribution in [2.45, 2.75) is 32.9 Å². The second-order valence-electron chi connectivity index (χ2n) is 2.97. The van der Waals surface area contributed by atoms with Gasteiger partial charge < -0.3 is 15.4 Å². The van der Waals surface area contributed by atoms with Crippen molar-refractivity contribution in [3.05, 3.63) is 11.6 Å². The number of aromatic nitrogens is 3. The van der Waals surface area contributed by atoms with Crippen LogP contribution in [0.3, 0.4) is 0 Å². The van der Waals surface area contributed by atoms with Crippen molar-refractivity contribution in [1.82, 2.24) is 14.8 Å². The lowest BCUT2D eigenvalue weighted by molar-refractivity contribution is 0.273. The van der Waals surface area contributed by atoms with Crippen molar-refractivity contribution >= 4 is 0 Å². The minimum Gasteiger partial charge on any atom is -0.396 e. The van der Waals surface area contributed by atoms with Gasteiger partial charge in [-0.2, -0.15) is 0 Å². The lowest BCUT2D eigenvalue weighted by Gasteiger charge is -2.10. The first kappa shape index (κ1) is 10.1. The zero-order valence-electron chi connectivity index (χ0n) is 8.06. The Bertz CT molecular complexity index is 271. The molecule has 0 aliphatic heterocycles. The van der Waals surface area contributed by atoms with E-state index in [1.54, 1.807) is 0 Å². The van der Waals surface area contributed by atoms with Gasteiger partial charge in [0.15, 0.2) is 0 Å². The summed E-state index contributed by atoms with van der Waals surface area (Å²) in [7, 11) is 0. The van der Waals surface area contributed by atoms with E-state index in [2.05, 4.69) is 10.2 Å². The smallest absolute Gasteiger partial charge is 0.150 e. The number of aliphatic hydroxyl groups excluding tert-OH is 1. The molecule has 1 rings (SSSR count).